The second kappa shape index (κ2) is 6.23. The van der Waals surface area contributed by atoms with E-state index in [1.807, 2.05) is 12.3 Å². The van der Waals surface area contributed by atoms with Gasteiger partial charge in [-0.15, -0.1) is 0 Å². The summed E-state index contributed by atoms with van der Waals surface area (Å²) in [5, 5.41) is 2.06. The first-order valence-corrected chi connectivity index (χ1v) is 9.00. The fraction of sp³-hybridized carbons (Fsp3) is 0.350. The van der Waals surface area contributed by atoms with Gasteiger partial charge in [0.2, 0.25) is 0 Å². The van der Waals surface area contributed by atoms with Gasteiger partial charge in [0.1, 0.15) is 0 Å². The number of pyridine rings is 1. The monoisotopic (exact) mass is 339 g/mol. The second-order valence-corrected chi connectivity index (χ2v) is 7.10. The van der Waals surface area contributed by atoms with Gasteiger partial charge in [0.15, 0.2) is 0 Å². The minimum Gasteiger partial charge on any atom is -0.312 e. The molecule has 4 heteroatoms. The summed E-state index contributed by atoms with van der Waals surface area (Å²) in [6, 6.07) is 10.6. The molecule has 0 amide bonds. The van der Waals surface area contributed by atoms with Crippen LogP contribution in [0.1, 0.15) is 30.3 Å². The van der Waals surface area contributed by atoms with Crippen LogP contribution in [0, 0.1) is 0 Å². The van der Waals surface area contributed by atoms with Crippen LogP contribution < -0.4 is 0 Å². The van der Waals surface area contributed by atoms with E-state index in [-0.39, 0.29) is 0 Å². The van der Waals surface area contributed by atoms with E-state index in [0.717, 1.165) is 48.8 Å². The number of hydrogen-bond donors (Lipinski definition) is 0. The number of hydrogen-bond acceptors (Lipinski definition) is 2. The van der Waals surface area contributed by atoms with E-state index in [4.69, 9.17) is 11.6 Å². The molecule has 3 heterocycles. The highest BCUT2D eigenvalue weighted by Crippen LogP contribution is 2.34. The van der Waals surface area contributed by atoms with Gasteiger partial charge in [-0.2, -0.15) is 0 Å². The molecule has 0 atom stereocenters. The molecule has 3 nitrogen and oxygen atoms in total. The van der Waals surface area contributed by atoms with Gasteiger partial charge in [0.25, 0.3) is 0 Å². The molecule has 0 aliphatic carbocycles. The molecule has 1 aromatic carbocycles. The van der Waals surface area contributed by atoms with Gasteiger partial charge in [-0.3, -0.25) is 4.98 Å². The van der Waals surface area contributed by atoms with Crippen LogP contribution >= 0.6 is 11.6 Å². The van der Waals surface area contributed by atoms with Crippen molar-refractivity contribution in [3.8, 4) is 5.69 Å². The molecule has 0 fully saturated rings. The van der Waals surface area contributed by atoms with Crippen LogP contribution in [0.4, 0.5) is 0 Å². The van der Waals surface area contributed by atoms with E-state index in [1.165, 1.54) is 22.2 Å². The highest BCUT2D eigenvalue weighted by Gasteiger charge is 2.23. The Kier molecular flexibility index (Phi) is 4.07. The zero-order chi connectivity index (χ0) is 16.7. The number of benzene rings is 1. The van der Waals surface area contributed by atoms with Crippen molar-refractivity contribution in [2.75, 3.05) is 13.6 Å². The molecule has 0 bridgehead atoms. The van der Waals surface area contributed by atoms with Crippen molar-refractivity contribution in [3.05, 3.63) is 58.5 Å². The summed E-state index contributed by atoms with van der Waals surface area (Å²) < 4.78 is 2.37. The molecule has 1 aliphatic heterocycles. The predicted octanol–water partition coefficient (Wildman–Crippen LogP) is 4.62. The molecule has 0 saturated heterocycles. The summed E-state index contributed by atoms with van der Waals surface area (Å²) in [7, 11) is 2.18. The standard InChI is InChI=1S/C20H22ClN3/c1-3-4-15-6-7-16(12-22-15)24-19-8-5-14(21)11-17(19)18-13-23(2)10-9-20(18)24/h5-8,11-12H,3-4,9-10,13H2,1-2H3. The second-order valence-electron chi connectivity index (χ2n) is 6.67. The highest BCUT2D eigenvalue weighted by atomic mass is 35.5. The van der Waals surface area contributed by atoms with Crippen LogP contribution in [0.2, 0.25) is 5.02 Å². The first-order chi connectivity index (χ1) is 11.7. The third-order valence-electron chi connectivity index (χ3n) is 4.87. The summed E-state index contributed by atoms with van der Waals surface area (Å²) >= 11 is 6.27. The van der Waals surface area contributed by atoms with Crippen LogP contribution in [-0.2, 0) is 19.4 Å². The number of likely N-dealkylation sites (N-methyl/N-ethyl adjacent to an activating group) is 1. The zero-order valence-corrected chi connectivity index (χ0v) is 15.0. The first-order valence-electron chi connectivity index (χ1n) is 8.63. The molecule has 2 aromatic heterocycles. The van der Waals surface area contributed by atoms with Gasteiger partial charge in [-0.25, -0.2) is 0 Å². The first kappa shape index (κ1) is 15.7. The fourth-order valence-corrected chi connectivity index (χ4v) is 3.89. The van der Waals surface area contributed by atoms with Crippen molar-refractivity contribution < 1.29 is 0 Å². The molecular weight excluding hydrogens is 318 g/mol. The maximum atomic E-state index is 6.27. The maximum Gasteiger partial charge on any atom is 0.0642 e. The average Bonchev–Trinajstić information content (AvgIpc) is 2.89. The van der Waals surface area contributed by atoms with Crippen LogP contribution in [0.25, 0.3) is 16.6 Å². The van der Waals surface area contributed by atoms with Gasteiger partial charge >= 0.3 is 0 Å². The van der Waals surface area contributed by atoms with Crippen molar-refractivity contribution in [1.29, 1.82) is 0 Å². The largest absolute Gasteiger partial charge is 0.312 e. The number of aromatic nitrogens is 2. The smallest absolute Gasteiger partial charge is 0.0642 e. The van der Waals surface area contributed by atoms with Gasteiger partial charge in [0, 0.05) is 41.3 Å². The Morgan fingerprint density at radius 1 is 1.21 bits per heavy atom. The Bertz CT molecular complexity index is 880. The number of nitrogens with zero attached hydrogens (tertiary/aromatic N) is 3. The molecule has 4 rings (SSSR count). The van der Waals surface area contributed by atoms with E-state index < -0.39 is 0 Å². The van der Waals surface area contributed by atoms with Crippen molar-refractivity contribution in [2.24, 2.45) is 0 Å². The summed E-state index contributed by atoms with van der Waals surface area (Å²) in [6.07, 6.45) is 5.22. The van der Waals surface area contributed by atoms with Gasteiger partial charge in [-0.05, 0) is 49.4 Å². The minimum absolute atomic E-state index is 0.798. The van der Waals surface area contributed by atoms with Crippen molar-refractivity contribution in [3.63, 3.8) is 0 Å². The summed E-state index contributed by atoms with van der Waals surface area (Å²) in [5.74, 6) is 0. The van der Waals surface area contributed by atoms with Crippen molar-refractivity contribution in [1.82, 2.24) is 14.5 Å². The van der Waals surface area contributed by atoms with E-state index in [0.29, 0.717) is 0 Å². The van der Waals surface area contributed by atoms with Crippen LogP contribution in [0.5, 0.6) is 0 Å². The van der Waals surface area contributed by atoms with E-state index in [9.17, 15) is 0 Å². The van der Waals surface area contributed by atoms with Gasteiger partial charge in [-0.1, -0.05) is 24.9 Å². The van der Waals surface area contributed by atoms with Gasteiger partial charge in [0.05, 0.1) is 17.4 Å². The number of fused-ring (bicyclic) bond motifs is 3. The zero-order valence-electron chi connectivity index (χ0n) is 14.2. The Morgan fingerprint density at radius 3 is 2.83 bits per heavy atom. The van der Waals surface area contributed by atoms with E-state index in [1.54, 1.807) is 0 Å². The third kappa shape index (κ3) is 2.62. The molecule has 1 aliphatic rings. The van der Waals surface area contributed by atoms with Crippen LogP contribution in [-0.4, -0.2) is 28.0 Å². The Balaban J connectivity index is 1.91. The number of halogens is 1. The molecule has 0 saturated carbocycles. The molecule has 0 unspecified atom stereocenters. The van der Waals surface area contributed by atoms with Crippen molar-refractivity contribution >= 4 is 22.5 Å². The Hall–Kier alpha value is -1.84. The maximum absolute atomic E-state index is 6.27. The third-order valence-corrected chi connectivity index (χ3v) is 5.11. The van der Waals surface area contributed by atoms with E-state index >= 15 is 0 Å². The minimum atomic E-state index is 0.798. The molecule has 0 N–H and O–H groups in total. The molecule has 0 spiro atoms. The number of rotatable bonds is 3. The van der Waals surface area contributed by atoms with Gasteiger partial charge < -0.3 is 9.47 Å². The number of aryl methyl sites for hydroxylation is 1. The molecule has 124 valence electrons. The lowest BCUT2D eigenvalue weighted by atomic mass is 10.1. The highest BCUT2D eigenvalue weighted by molar-refractivity contribution is 6.31. The topological polar surface area (TPSA) is 21.1 Å². The lowest BCUT2D eigenvalue weighted by molar-refractivity contribution is 0.311. The van der Waals surface area contributed by atoms with Crippen LogP contribution in [0.15, 0.2) is 36.5 Å². The Labute approximate surface area is 147 Å². The predicted molar refractivity (Wildman–Crippen MR) is 100 cm³/mol. The molecule has 0 radical (unpaired) electrons. The molecular formula is C20H22ClN3. The summed E-state index contributed by atoms with van der Waals surface area (Å²) in [4.78, 5) is 7.03. The normalized spacial score (nSPS) is 15.0. The summed E-state index contributed by atoms with van der Waals surface area (Å²) in [6.45, 7) is 4.24. The summed E-state index contributed by atoms with van der Waals surface area (Å²) in [5.41, 5.74) is 6.33. The average molecular weight is 340 g/mol. The lowest BCUT2D eigenvalue weighted by Crippen LogP contribution is -2.27. The lowest BCUT2D eigenvalue weighted by Gasteiger charge is -2.24. The Morgan fingerprint density at radius 2 is 2.08 bits per heavy atom. The quantitative estimate of drug-likeness (QED) is 0.694. The SMILES string of the molecule is CCCc1ccc(-n2c3c(c4cc(Cl)ccc42)CN(C)CC3)cn1. The van der Waals surface area contributed by atoms with Crippen LogP contribution in [0.3, 0.4) is 0 Å². The van der Waals surface area contributed by atoms with E-state index in [2.05, 4.69) is 52.7 Å². The molecule has 3 aromatic rings. The van der Waals surface area contributed by atoms with Crippen molar-refractivity contribution in [2.45, 2.75) is 32.7 Å². The molecule has 24 heavy (non-hydrogen) atoms. The fourth-order valence-electron chi connectivity index (χ4n) is 3.71.